The summed E-state index contributed by atoms with van der Waals surface area (Å²) < 4.78 is 0. The minimum atomic E-state index is -0.699. The van der Waals surface area contributed by atoms with Crippen molar-refractivity contribution in [3.05, 3.63) is 64.9 Å². The second kappa shape index (κ2) is 8.44. The fourth-order valence-corrected chi connectivity index (χ4v) is 3.17. The number of imidazole rings is 1. The quantitative estimate of drug-likeness (QED) is 0.589. The first-order valence-electron chi connectivity index (χ1n) is 9.17. The number of aromatic nitrogens is 2. The molecule has 0 aliphatic carbocycles. The van der Waals surface area contributed by atoms with Gasteiger partial charge in [0.1, 0.15) is 11.9 Å². The lowest BCUT2D eigenvalue weighted by molar-refractivity contribution is -0.124. The summed E-state index contributed by atoms with van der Waals surface area (Å²) in [4.78, 5) is 33.1. The monoisotopic (exact) mass is 398 g/mol. The van der Waals surface area contributed by atoms with E-state index in [1.165, 1.54) is 0 Å². The van der Waals surface area contributed by atoms with E-state index in [-0.39, 0.29) is 23.8 Å². The number of amides is 2. The average molecular weight is 399 g/mol. The predicted molar refractivity (Wildman–Crippen MR) is 110 cm³/mol. The largest absolute Gasteiger partial charge is 0.345 e. The molecule has 2 aromatic carbocycles. The molecule has 0 radical (unpaired) electrons. The van der Waals surface area contributed by atoms with Crippen molar-refractivity contribution >= 4 is 34.4 Å². The van der Waals surface area contributed by atoms with Crippen LogP contribution in [0.3, 0.4) is 0 Å². The van der Waals surface area contributed by atoms with Gasteiger partial charge in [-0.15, -0.1) is 0 Å². The summed E-state index contributed by atoms with van der Waals surface area (Å²) in [5.41, 5.74) is 2.09. The van der Waals surface area contributed by atoms with Gasteiger partial charge in [-0.1, -0.05) is 49.7 Å². The number of fused-ring (bicyclic) bond motifs is 1. The summed E-state index contributed by atoms with van der Waals surface area (Å²) in [6.45, 7) is 5.61. The van der Waals surface area contributed by atoms with Crippen molar-refractivity contribution in [1.82, 2.24) is 20.6 Å². The minimum absolute atomic E-state index is 0.102. The van der Waals surface area contributed by atoms with Crippen LogP contribution in [0.25, 0.3) is 11.0 Å². The number of H-pyrrole nitrogens is 1. The smallest absolute Gasteiger partial charge is 0.253 e. The molecule has 1 heterocycles. The van der Waals surface area contributed by atoms with E-state index in [4.69, 9.17) is 11.6 Å². The second-order valence-corrected chi connectivity index (χ2v) is 7.45. The predicted octanol–water partition coefficient (Wildman–Crippen LogP) is 3.85. The van der Waals surface area contributed by atoms with Crippen LogP contribution in [0.2, 0.25) is 5.02 Å². The lowest BCUT2D eigenvalue weighted by Crippen LogP contribution is -2.50. The maximum absolute atomic E-state index is 12.8. The highest BCUT2D eigenvalue weighted by atomic mass is 35.5. The summed E-state index contributed by atoms with van der Waals surface area (Å²) in [5.74, 6) is -0.0944. The van der Waals surface area contributed by atoms with Gasteiger partial charge in [0.25, 0.3) is 5.91 Å². The summed E-state index contributed by atoms with van der Waals surface area (Å²) in [5, 5.41) is 6.07. The molecule has 2 amide bonds. The molecule has 28 heavy (non-hydrogen) atoms. The summed E-state index contributed by atoms with van der Waals surface area (Å²) in [6, 6.07) is 13.4. The van der Waals surface area contributed by atoms with Gasteiger partial charge in [-0.25, -0.2) is 4.98 Å². The lowest BCUT2D eigenvalue weighted by Gasteiger charge is -2.23. The van der Waals surface area contributed by atoms with Crippen LogP contribution in [-0.4, -0.2) is 27.8 Å². The molecule has 7 heteroatoms. The standard InChI is InChI=1S/C21H23ClN4O2/c1-12(2)18(26-20(27)14-8-4-5-9-15(14)22)21(28)23-13(3)19-24-16-10-6-7-11-17(16)25-19/h4-13,18H,1-3H3,(H,23,28)(H,24,25)(H,26,27). The topological polar surface area (TPSA) is 86.9 Å². The highest BCUT2D eigenvalue weighted by Gasteiger charge is 2.27. The number of benzene rings is 2. The summed E-state index contributed by atoms with van der Waals surface area (Å²) >= 11 is 6.09. The van der Waals surface area contributed by atoms with Crippen LogP contribution in [0.15, 0.2) is 48.5 Å². The van der Waals surface area contributed by atoms with Crippen LogP contribution in [0, 0.1) is 5.92 Å². The fourth-order valence-electron chi connectivity index (χ4n) is 2.95. The Labute approximate surface area is 168 Å². The Kier molecular flexibility index (Phi) is 5.99. The van der Waals surface area contributed by atoms with Gasteiger partial charge in [-0.2, -0.15) is 0 Å². The van der Waals surface area contributed by atoms with E-state index in [1.54, 1.807) is 24.3 Å². The molecule has 0 bridgehead atoms. The van der Waals surface area contributed by atoms with Crippen molar-refractivity contribution in [3.8, 4) is 0 Å². The number of nitrogens with one attached hydrogen (secondary N) is 3. The normalized spacial score (nSPS) is 13.3. The molecule has 0 aliphatic rings. The molecule has 1 aromatic heterocycles. The molecule has 0 saturated heterocycles. The number of rotatable bonds is 6. The molecule has 3 N–H and O–H groups in total. The summed E-state index contributed by atoms with van der Waals surface area (Å²) in [6.07, 6.45) is 0. The lowest BCUT2D eigenvalue weighted by atomic mass is 10.0. The van der Waals surface area contributed by atoms with Crippen LogP contribution in [0.4, 0.5) is 0 Å². The zero-order chi connectivity index (χ0) is 20.3. The first kappa shape index (κ1) is 19.9. The van der Waals surface area contributed by atoms with E-state index in [0.29, 0.717) is 16.4 Å². The molecular weight excluding hydrogens is 376 g/mol. The molecule has 0 aliphatic heterocycles. The zero-order valence-corrected chi connectivity index (χ0v) is 16.7. The van der Waals surface area contributed by atoms with Crippen molar-refractivity contribution in [1.29, 1.82) is 0 Å². The Morgan fingerprint density at radius 2 is 1.68 bits per heavy atom. The first-order chi connectivity index (χ1) is 13.4. The third-order valence-electron chi connectivity index (χ3n) is 4.53. The van der Waals surface area contributed by atoms with Gasteiger partial charge < -0.3 is 15.6 Å². The summed E-state index contributed by atoms with van der Waals surface area (Å²) in [7, 11) is 0. The first-order valence-corrected chi connectivity index (χ1v) is 9.55. The van der Waals surface area contributed by atoms with E-state index in [1.807, 2.05) is 45.0 Å². The van der Waals surface area contributed by atoms with Gasteiger partial charge in [0.2, 0.25) is 5.91 Å². The van der Waals surface area contributed by atoms with Gasteiger partial charge in [0.05, 0.1) is 27.7 Å². The Bertz CT molecular complexity index is 966. The maximum Gasteiger partial charge on any atom is 0.253 e. The molecule has 2 unspecified atom stereocenters. The van der Waals surface area contributed by atoms with Crippen LogP contribution < -0.4 is 10.6 Å². The number of halogens is 1. The number of hydrogen-bond acceptors (Lipinski definition) is 3. The molecule has 0 saturated carbocycles. The Hall–Kier alpha value is -2.86. The van der Waals surface area contributed by atoms with Gasteiger partial charge in [0.15, 0.2) is 0 Å². The highest BCUT2D eigenvalue weighted by Crippen LogP contribution is 2.17. The molecule has 3 aromatic rings. The average Bonchev–Trinajstić information content (AvgIpc) is 3.10. The van der Waals surface area contributed by atoms with Gasteiger partial charge in [0, 0.05) is 0 Å². The molecular formula is C21H23ClN4O2. The van der Waals surface area contributed by atoms with Crippen molar-refractivity contribution in [3.63, 3.8) is 0 Å². The molecule has 2 atom stereocenters. The Morgan fingerprint density at radius 3 is 2.36 bits per heavy atom. The fraction of sp³-hybridized carbons (Fsp3) is 0.286. The van der Waals surface area contributed by atoms with Gasteiger partial charge >= 0.3 is 0 Å². The third kappa shape index (κ3) is 4.34. The van der Waals surface area contributed by atoms with E-state index >= 15 is 0 Å². The van der Waals surface area contributed by atoms with E-state index in [0.717, 1.165) is 11.0 Å². The van der Waals surface area contributed by atoms with Crippen LogP contribution in [0.5, 0.6) is 0 Å². The number of para-hydroxylation sites is 2. The highest BCUT2D eigenvalue weighted by molar-refractivity contribution is 6.33. The van der Waals surface area contributed by atoms with Crippen molar-refractivity contribution in [2.24, 2.45) is 5.92 Å². The third-order valence-corrected chi connectivity index (χ3v) is 4.86. The van der Waals surface area contributed by atoms with Gasteiger partial charge in [-0.05, 0) is 37.1 Å². The van der Waals surface area contributed by atoms with Crippen molar-refractivity contribution < 1.29 is 9.59 Å². The van der Waals surface area contributed by atoms with Crippen LogP contribution in [0.1, 0.15) is 43.0 Å². The second-order valence-electron chi connectivity index (χ2n) is 7.04. The Balaban J connectivity index is 1.72. The number of carbonyl (C=O) groups excluding carboxylic acids is 2. The number of nitrogens with zero attached hydrogens (tertiary/aromatic N) is 1. The molecule has 0 fully saturated rings. The SMILES string of the molecule is CC(NC(=O)C(NC(=O)c1ccccc1Cl)C(C)C)c1nc2ccccc2[nH]1. The van der Waals surface area contributed by atoms with Crippen molar-refractivity contribution in [2.45, 2.75) is 32.9 Å². The number of hydrogen-bond donors (Lipinski definition) is 3. The molecule has 3 rings (SSSR count). The van der Waals surface area contributed by atoms with Gasteiger partial charge in [-0.3, -0.25) is 9.59 Å². The molecule has 0 spiro atoms. The van der Waals surface area contributed by atoms with Crippen molar-refractivity contribution in [2.75, 3.05) is 0 Å². The minimum Gasteiger partial charge on any atom is -0.345 e. The molecule has 6 nitrogen and oxygen atoms in total. The van der Waals surface area contributed by atoms with Crippen LogP contribution in [-0.2, 0) is 4.79 Å². The van der Waals surface area contributed by atoms with E-state index < -0.39 is 6.04 Å². The van der Waals surface area contributed by atoms with E-state index in [9.17, 15) is 9.59 Å². The number of aromatic amines is 1. The van der Waals surface area contributed by atoms with E-state index in [2.05, 4.69) is 20.6 Å². The zero-order valence-electron chi connectivity index (χ0n) is 16.0. The molecule has 146 valence electrons. The van der Waals surface area contributed by atoms with Crippen LogP contribution >= 0.6 is 11.6 Å². The number of carbonyl (C=O) groups is 2. The Morgan fingerprint density at radius 1 is 1.00 bits per heavy atom. The maximum atomic E-state index is 12.8.